The van der Waals surface area contributed by atoms with E-state index in [1.165, 1.54) is 0 Å². The minimum absolute atomic E-state index is 0.353. The molecule has 2 aromatic carbocycles. The molecule has 0 spiro atoms. The average molecular weight is 364 g/mol. The van der Waals surface area contributed by atoms with Gasteiger partial charge in [-0.1, -0.05) is 52.7 Å². The number of nitrogen functional groups attached to an aromatic ring is 1. The summed E-state index contributed by atoms with van der Waals surface area (Å²) in [4.78, 5) is 0. The number of halogens is 2. The fourth-order valence-electron chi connectivity index (χ4n) is 2.24. The Labute approximate surface area is 135 Å². The smallest absolute Gasteiger partial charge is 0.178 e. The highest BCUT2D eigenvalue weighted by molar-refractivity contribution is 9.10. The summed E-state index contributed by atoms with van der Waals surface area (Å²) in [6, 6.07) is 13.7. The molecule has 0 aliphatic heterocycles. The highest BCUT2D eigenvalue weighted by Crippen LogP contribution is 2.41. The Morgan fingerprint density at radius 2 is 1.95 bits per heavy atom. The zero-order valence-corrected chi connectivity index (χ0v) is 13.6. The molecule has 3 rings (SSSR count). The van der Waals surface area contributed by atoms with Crippen LogP contribution in [0, 0.1) is 6.92 Å². The van der Waals surface area contributed by atoms with Gasteiger partial charge in [0.2, 0.25) is 0 Å². The number of benzene rings is 2. The van der Waals surface area contributed by atoms with E-state index in [9.17, 15) is 0 Å². The van der Waals surface area contributed by atoms with Crippen molar-refractivity contribution >= 4 is 33.3 Å². The lowest BCUT2D eigenvalue weighted by Gasteiger charge is -2.06. The first-order valence-corrected chi connectivity index (χ1v) is 7.51. The van der Waals surface area contributed by atoms with Gasteiger partial charge < -0.3 is 10.3 Å². The van der Waals surface area contributed by atoms with E-state index >= 15 is 0 Å². The molecule has 1 aromatic heterocycles. The number of hydrogen-bond acceptors (Lipinski definition) is 3. The van der Waals surface area contributed by atoms with Gasteiger partial charge in [0.05, 0.1) is 10.6 Å². The van der Waals surface area contributed by atoms with Crippen LogP contribution in [0.25, 0.3) is 22.5 Å². The third kappa shape index (κ3) is 2.57. The predicted molar refractivity (Wildman–Crippen MR) is 89.2 cm³/mol. The van der Waals surface area contributed by atoms with Gasteiger partial charge in [-0.25, -0.2) is 0 Å². The van der Waals surface area contributed by atoms with Gasteiger partial charge in [-0.15, -0.1) is 0 Å². The molecule has 5 heteroatoms. The summed E-state index contributed by atoms with van der Waals surface area (Å²) in [5, 5.41) is 4.47. The Morgan fingerprint density at radius 1 is 1.19 bits per heavy atom. The largest absolute Gasteiger partial charge is 0.380 e. The van der Waals surface area contributed by atoms with Crippen molar-refractivity contribution in [1.82, 2.24) is 5.16 Å². The van der Waals surface area contributed by atoms with Gasteiger partial charge >= 0.3 is 0 Å². The van der Waals surface area contributed by atoms with Crippen LogP contribution in [-0.2, 0) is 0 Å². The minimum atomic E-state index is 0.353. The highest BCUT2D eigenvalue weighted by atomic mass is 79.9. The maximum Gasteiger partial charge on any atom is 0.178 e. The molecule has 0 saturated heterocycles. The number of nitrogens with zero attached hydrogens (tertiary/aromatic N) is 1. The quantitative estimate of drug-likeness (QED) is 0.671. The Balaban J connectivity index is 2.24. The molecule has 21 heavy (non-hydrogen) atoms. The monoisotopic (exact) mass is 362 g/mol. The van der Waals surface area contributed by atoms with Gasteiger partial charge in [0.25, 0.3) is 0 Å². The maximum atomic E-state index is 6.35. The second-order valence-electron chi connectivity index (χ2n) is 4.74. The molecule has 0 aliphatic carbocycles. The molecule has 0 fully saturated rings. The first-order chi connectivity index (χ1) is 10.1. The molecule has 3 nitrogen and oxygen atoms in total. The van der Waals surface area contributed by atoms with E-state index in [0.29, 0.717) is 16.6 Å². The van der Waals surface area contributed by atoms with Crippen molar-refractivity contribution in [3.05, 3.63) is 57.5 Å². The molecular weight excluding hydrogens is 352 g/mol. The lowest BCUT2D eigenvalue weighted by Crippen LogP contribution is -1.89. The lowest BCUT2D eigenvalue weighted by molar-refractivity contribution is 0.436. The molecule has 2 N–H and O–H groups in total. The standard InChI is InChI=1S/C16H12BrClN2O/c1-9-4-2-5-10(8-9)13-15(21-20-16(13)19)11-6-3-7-12(17)14(11)18/h2-8H,1H3,(H2,19,20). The molecule has 106 valence electrons. The number of rotatable bonds is 2. The topological polar surface area (TPSA) is 52.0 Å². The number of anilines is 1. The fourth-order valence-corrected chi connectivity index (χ4v) is 2.82. The summed E-state index contributed by atoms with van der Waals surface area (Å²) in [5.74, 6) is 0.927. The van der Waals surface area contributed by atoms with Crippen molar-refractivity contribution in [2.45, 2.75) is 6.92 Å². The van der Waals surface area contributed by atoms with Crippen molar-refractivity contribution in [1.29, 1.82) is 0 Å². The van der Waals surface area contributed by atoms with Crippen LogP contribution in [0.1, 0.15) is 5.56 Å². The molecule has 0 atom stereocenters. The molecule has 3 aromatic rings. The SMILES string of the molecule is Cc1cccc(-c2c(N)noc2-c2cccc(Br)c2Cl)c1. The van der Waals surface area contributed by atoms with Crippen LogP contribution >= 0.6 is 27.5 Å². The zero-order chi connectivity index (χ0) is 15.0. The van der Waals surface area contributed by atoms with Crippen LogP contribution in [0.15, 0.2) is 51.5 Å². The van der Waals surface area contributed by atoms with Gasteiger partial charge in [0, 0.05) is 10.0 Å². The van der Waals surface area contributed by atoms with Gasteiger partial charge in [0.15, 0.2) is 11.6 Å². The van der Waals surface area contributed by atoms with E-state index in [2.05, 4.69) is 21.1 Å². The normalized spacial score (nSPS) is 10.8. The molecule has 0 saturated carbocycles. The highest BCUT2D eigenvalue weighted by Gasteiger charge is 2.20. The summed E-state index contributed by atoms with van der Waals surface area (Å²) < 4.78 is 6.23. The second kappa shape index (κ2) is 5.54. The van der Waals surface area contributed by atoms with E-state index in [1.807, 2.05) is 49.4 Å². The van der Waals surface area contributed by atoms with Crippen molar-refractivity contribution in [3.8, 4) is 22.5 Å². The number of aryl methyl sites for hydroxylation is 1. The van der Waals surface area contributed by atoms with Gasteiger partial charge in [-0.2, -0.15) is 0 Å². The van der Waals surface area contributed by atoms with Crippen molar-refractivity contribution in [2.24, 2.45) is 0 Å². The summed E-state index contributed by atoms with van der Waals surface area (Å²) >= 11 is 9.77. The first-order valence-electron chi connectivity index (χ1n) is 6.34. The van der Waals surface area contributed by atoms with E-state index in [4.69, 9.17) is 21.9 Å². The van der Waals surface area contributed by atoms with E-state index in [-0.39, 0.29) is 0 Å². The van der Waals surface area contributed by atoms with E-state index < -0.39 is 0 Å². The Bertz CT molecular complexity index is 814. The molecule has 0 aliphatic rings. The van der Waals surface area contributed by atoms with Crippen LogP contribution in [0.4, 0.5) is 5.82 Å². The summed E-state index contributed by atoms with van der Waals surface area (Å²) in [7, 11) is 0. The van der Waals surface area contributed by atoms with Crippen molar-refractivity contribution in [2.75, 3.05) is 5.73 Å². The third-order valence-electron chi connectivity index (χ3n) is 3.22. The number of nitrogens with two attached hydrogens (primary N) is 1. The lowest BCUT2D eigenvalue weighted by atomic mass is 10.00. The Hall–Kier alpha value is -1.78. The molecule has 1 heterocycles. The van der Waals surface area contributed by atoms with Gasteiger partial charge in [-0.3, -0.25) is 0 Å². The zero-order valence-electron chi connectivity index (χ0n) is 11.2. The van der Waals surface area contributed by atoms with Crippen LogP contribution in [0.3, 0.4) is 0 Å². The van der Waals surface area contributed by atoms with Crippen molar-refractivity contribution in [3.63, 3.8) is 0 Å². The van der Waals surface area contributed by atoms with E-state index in [1.54, 1.807) is 0 Å². The minimum Gasteiger partial charge on any atom is -0.380 e. The van der Waals surface area contributed by atoms with Gasteiger partial charge in [0.1, 0.15) is 0 Å². The summed E-state index contributed by atoms with van der Waals surface area (Å²) in [6.07, 6.45) is 0. The van der Waals surface area contributed by atoms with E-state index in [0.717, 1.165) is 26.7 Å². The van der Waals surface area contributed by atoms with Crippen LogP contribution < -0.4 is 5.73 Å². The number of aromatic nitrogens is 1. The first kappa shape index (κ1) is 14.2. The average Bonchev–Trinajstić information content (AvgIpc) is 2.83. The predicted octanol–water partition coefficient (Wildman–Crippen LogP) is 5.32. The number of hydrogen-bond donors (Lipinski definition) is 1. The van der Waals surface area contributed by atoms with Crippen LogP contribution in [0.5, 0.6) is 0 Å². The molecule has 0 bridgehead atoms. The summed E-state index contributed by atoms with van der Waals surface area (Å²) in [5.41, 5.74) is 9.60. The van der Waals surface area contributed by atoms with Crippen LogP contribution in [-0.4, -0.2) is 5.16 Å². The van der Waals surface area contributed by atoms with Gasteiger partial charge in [-0.05, 0) is 40.5 Å². The second-order valence-corrected chi connectivity index (χ2v) is 5.98. The van der Waals surface area contributed by atoms with Crippen LogP contribution in [0.2, 0.25) is 5.02 Å². The maximum absolute atomic E-state index is 6.35. The third-order valence-corrected chi connectivity index (χ3v) is 4.52. The Morgan fingerprint density at radius 3 is 2.71 bits per heavy atom. The fraction of sp³-hybridized carbons (Fsp3) is 0.0625. The molecule has 0 unspecified atom stereocenters. The molecule has 0 radical (unpaired) electrons. The Kier molecular flexibility index (Phi) is 3.74. The molecule has 0 amide bonds. The van der Waals surface area contributed by atoms with Crippen molar-refractivity contribution < 1.29 is 4.52 Å². The molecular formula is C16H12BrClN2O. The summed E-state index contributed by atoms with van der Waals surface area (Å²) in [6.45, 7) is 2.03.